The van der Waals surface area contributed by atoms with Gasteiger partial charge in [0.15, 0.2) is 5.75 Å². The molecule has 0 aliphatic rings. The molecule has 0 spiro atoms. The van der Waals surface area contributed by atoms with E-state index in [2.05, 4.69) is 0 Å². The molecule has 30 heavy (non-hydrogen) atoms. The van der Waals surface area contributed by atoms with E-state index in [9.17, 15) is 18.0 Å². The van der Waals surface area contributed by atoms with Gasteiger partial charge in [-0.2, -0.15) is 13.2 Å². The van der Waals surface area contributed by atoms with E-state index in [-0.39, 0.29) is 15.8 Å². The van der Waals surface area contributed by atoms with Crippen LogP contribution in [0, 0.1) is 0 Å². The van der Waals surface area contributed by atoms with Crippen molar-refractivity contribution < 1.29 is 27.8 Å². The summed E-state index contributed by atoms with van der Waals surface area (Å²) in [6, 6.07) is 11.8. The van der Waals surface area contributed by atoms with E-state index in [1.54, 1.807) is 43.3 Å². The Labute approximate surface area is 184 Å². The molecular formula is C21H14Cl3F3O3. The van der Waals surface area contributed by atoms with E-state index in [0.717, 1.165) is 28.5 Å². The third-order valence-electron chi connectivity index (χ3n) is 4.60. The Kier molecular flexibility index (Phi) is 6.41. The Balaban J connectivity index is 1.97. The van der Waals surface area contributed by atoms with Crippen molar-refractivity contribution in [2.75, 3.05) is 0 Å². The number of hydrogen-bond acceptors (Lipinski definition) is 2. The Morgan fingerprint density at radius 1 is 1.07 bits per heavy atom. The molecule has 3 aromatic rings. The summed E-state index contributed by atoms with van der Waals surface area (Å²) < 4.78 is 44.3. The van der Waals surface area contributed by atoms with Crippen molar-refractivity contribution in [3.63, 3.8) is 0 Å². The lowest BCUT2D eigenvalue weighted by Crippen LogP contribution is -2.20. The average Bonchev–Trinajstić information content (AvgIpc) is 2.68. The quantitative estimate of drug-likeness (QED) is 0.382. The molecule has 0 radical (unpaired) electrons. The number of hydrogen-bond donors (Lipinski definition) is 1. The minimum atomic E-state index is -4.59. The van der Waals surface area contributed by atoms with Crippen LogP contribution in [-0.2, 0) is 11.0 Å². The first-order chi connectivity index (χ1) is 14.0. The molecule has 9 heteroatoms. The van der Waals surface area contributed by atoms with Gasteiger partial charge in [0.1, 0.15) is 11.1 Å². The van der Waals surface area contributed by atoms with Crippen molar-refractivity contribution >= 4 is 51.5 Å². The van der Waals surface area contributed by atoms with Gasteiger partial charge in [-0.05, 0) is 40.6 Å². The normalized spacial score (nSPS) is 13.8. The number of halogens is 6. The van der Waals surface area contributed by atoms with Crippen LogP contribution in [0.1, 0.15) is 24.0 Å². The number of carboxylic acids is 1. The molecule has 1 N–H and O–H groups in total. The van der Waals surface area contributed by atoms with E-state index in [1.807, 2.05) is 0 Å². The fourth-order valence-electron chi connectivity index (χ4n) is 3.06. The molecule has 0 aliphatic carbocycles. The molecule has 0 saturated carbocycles. The molecule has 0 aromatic heterocycles. The lowest BCUT2D eigenvalue weighted by atomic mass is 9.92. The fourth-order valence-corrected chi connectivity index (χ4v) is 3.76. The molecule has 3 nitrogen and oxygen atoms in total. The summed E-state index contributed by atoms with van der Waals surface area (Å²) in [5, 5.41) is 9.02. The smallest absolute Gasteiger partial charge is 0.416 e. The van der Waals surface area contributed by atoms with Crippen molar-refractivity contribution in [3.8, 4) is 11.5 Å². The maximum atomic E-state index is 12.9. The lowest BCUT2D eigenvalue weighted by Gasteiger charge is -2.18. The maximum absolute atomic E-state index is 12.9. The molecule has 158 valence electrons. The molecule has 0 fully saturated rings. The van der Waals surface area contributed by atoms with E-state index in [4.69, 9.17) is 44.6 Å². The molecule has 0 amide bonds. The predicted octanol–water partition coefficient (Wildman–Crippen LogP) is 7.75. The maximum Gasteiger partial charge on any atom is 0.416 e. The Morgan fingerprint density at radius 2 is 1.70 bits per heavy atom. The predicted molar refractivity (Wildman–Crippen MR) is 111 cm³/mol. The minimum absolute atomic E-state index is 0.0955. The van der Waals surface area contributed by atoms with Gasteiger partial charge in [0.05, 0.1) is 15.6 Å². The summed E-state index contributed by atoms with van der Waals surface area (Å²) in [7, 11) is 0. The molecule has 2 atom stereocenters. The third kappa shape index (κ3) is 4.61. The van der Waals surface area contributed by atoms with Crippen LogP contribution in [0.5, 0.6) is 11.5 Å². The van der Waals surface area contributed by atoms with Gasteiger partial charge in [-0.25, -0.2) is 0 Å². The van der Waals surface area contributed by atoms with Gasteiger partial charge < -0.3 is 9.84 Å². The van der Waals surface area contributed by atoms with Crippen LogP contribution < -0.4 is 4.74 Å². The number of aliphatic carboxylic acids is 1. The van der Waals surface area contributed by atoms with Crippen molar-refractivity contribution in [2.45, 2.75) is 24.4 Å². The SMILES string of the molecule is CC(c1cccc2cc(Oc3c(Cl)cc(C(F)(F)F)cc3Cl)ccc12)C(Cl)C(=O)O. The van der Waals surface area contributed by atoms with Crippen molar-refractivity contribution in [3.05, 3.63) is 69.7 Å². The van der Waals surface area contributed by atoms with Gasteiger partial charge in [-0.15, -0.1) is 11.6 Å². The Bertz CT molecular complexity index is 1090. The van der Waals surface area contributed by atoms with Crippen LogP contribution in [0.3, 0.4) is 0 Å². The van der Waals surface area contributed by atoms with Crippen molar-refractivity contribution in [1.82, 2.24) is 0 Å². The summed E-state index contributed by atoms with van der Waals surface area (Å²) >= 11 is 17.9. The molecule has 3 rings (SSSR count). The van der Waals surface area contributed by atoms with Crippen LogP contribution in [0.15, 0.2) is 48.5 Å². The van der Waals surface area contributed by atoms with Crippen LogP contribution in [-0.4, -0.2) is 16.5 Å². The molecular weight excluding hydrogens is 464 g/mol. The van der Waals surface area contributed by atoms with Gasteiger partial charge in [0.2, 0.25) is 0 Å². The summed E-state index contributed by atoms with van der Waals surface area (Å²) in [5.41, 5.74) is -0.233. The standard InChI is InChI=1S/C21H14Cl3F3O3/c1-10(18(24)20(28)29)14-4-2-3-11-7-13(5-6-15(11)14)30-19-16(22)8-12(9-17(19)23)21(25,26)27/h2-10,18H,1H3,(H,28,29). The van der Waals surface area contributed by atoms with Gasteiger partial charge in [0.25, 0.3) is 0 Å². The van der Waals surface area contributed by atoms with Crippen molar-refractivity contribution in [2.24, 2.45) is 0 Å². The highest BCUT2D eigenvalue weighted by molar-refractivity contribution is 6.37. The van der Waals surface area contributed by atoms with Gasteiger partial charge in [-0.3, -0.25) is 4.79 Å². The van der Waals surface area contributed by atoms with E-state index in [0.29, 0.717) is 5.75 Å². The lowest BCUT2D eigenvalue weighted by molar-refractivity contribution is -0.138. The second-order valence-corrected chi connectivity index (χ2v) is 7.91. The van der Waals surface area contributed by atoms with Crippen LogP contribution in [0.25, 0.3) is 10.8 Å². The number of benzene rings is 3. The monoisotopic (exact) mass is 476 g/mol. The van der Waals surface area contributed by atoms with E-state index < -0.39 is 29.0 Å². The molecule has 0 heterocycles. The first-order valence-corrected chi connectivity index (χ1v) is 9.82. The minimum Gasteiger partial charge on any atom is -0.480 e. The van der Waals surface area contributed by atoms with Crippen LogP contribution >= 0.6 is 34.8 Å². The number of ether oxygens (including phenoxy) is 1. The highest BCUT2D eigenvalue weighted by atomic mass is 35.5. The number of carboxylic acid groups (broad SMARTS) is 1. The van der Waals surface area contributed by atoms with E-state index >= 15 is 0 Å². The van der Waals surface area contributed by atoms with Crippen molar-refractivity contribution in [1.29, 1.82) is 0 Å². The Morgan fingerprint density at radius 3 is 2.27 bits per heavy atom. The number of fused-ring (bicyclic) bond motifs is 1. The number of rotatable bonds is 5. The first kappa shape index (κ1) is 22.5. The number of carbonyl (C=O) groups is 1. The largest absolute Gasteiger partial charge is 0.480 e. The van der Waals surface area contributed by atoms with Crippen LogP contribution in [0.4, 0.5) is 13.2 Å². The average molecular weight is 478 g/mol. The fraction of sp³-hybridized carbons (Fsp3) is 0.190. The van der Waals surface area contributed by atoms with Gasteiger partial charge in [0, 0.05) is 5.92 Å². The molecule has 0 saturated heterocycles. The summed E-state index contributed by atoms with van der Waals surface area (Å²) in [6.07, 6.45) is -4.59. The van der Waals surface area contributed by atoms with E-state index in [1.165, 1.54) is 0 Å². The topological polar surface area (TPSA) is 46.5 Å². The summed E-state index contributed by atoms with van der Waals surface area (Å²) in [5.74, 6) is -1.37. The zero-order valence-corrected chi connectivity index (χ0v) is 17.6. The zero-order valence-electron chi connectivity index (χ0n) is 15.3. The van der Waals surface area contributed by atoms with Gasteiger partial charge >= 0.3 is 12.1 Å². The molecule has 3 aromatic carbocycles. The molecule has 0 aliphatic heterocycles. The molecule has 2 unspecified atom stereocenters. The first-order valence-electron chi connectivity index (χ1n) is 8.62. The highest BCUT2D eigenvalue weighted by Gasteiger charge is 2.32. The van der Waals surface area contributed by atoms with Crippen LogP contribution in [0.2, 0.25) is 10.0 Å². The van der Waals surface area contributed by atoms with Gasteiger partial charge in [-0.1, -0.05) is 54.4 Å². The highest BCUT2D eigenvalue weighted by Crippen LogP contribution is 2.42. The summed E-state index contributed by atoms with van der Waals surface area (Å²) in [6.45, 7) is 1.72. The summed E-state index contributed by atoms with van der Waals surface area (Å²) in [4.78, 5) is 11.2. The third-order valence-corrected chi connectivity index (χ3v) is 5.72. The number of alkyl halides is 4. The Hall–Kier alpha value is -2.15. The second kappa shape index (κ2) is 8.53. The second-order valence-electron chi connectivity index (χ2n) is 6.63. The zero-order chi connectivity index (χ0) is 22.2. The molecule has 0 bridgehead atoms.